The number of amides is 1. The van der Waals surface area contributed by atoms with Gasteiger partial charge in [-0.25, -0.2) is 0 Å². The van der Waals surface area contributed by atoms with E-state index in [0.29, 0.717) is 12.8 Å². The van der Waals surface area contributed by atoms with Crippen LogP contribution >= 0.6 is 0 Å². The van der Waals surface area contributed by atoms with E-state index in [1.807, 2.05) is 47.4 Å². The second-order valence-electron chi connectivity index (χ2n) is 7.57. The minimum absolute atomic E-state index is 0.0482. The fraction of sp³-hybridized carbons (Fsp3) is 0.455. The summed E-state index contributed by atoms with van der Waals surface area (Å²) >= 11 is 0. The molecule has 1 unspecified atom stereocenters. The van der Waals surface area contributed by atoms with Gasteiger partial charge in [-0.05, 0) is 57.1 Å². The van der Waals surface area contributed by atoms with E-state index in [4.69, 9.17) is 4.74 Å². The lowest BCUT2D eigenvalue weighted by atomic mass is 9.89. The Labute approximate surface area is 160 Å². The van der Waals surface area contributed by atoms with Crippen molar-refractivity contribution in [3.05, 3.63) is 59.9 Å². The van der Waals surface area contributed by atoms with Crippen LogP contribution in [0.2, 0.25) is 0 Å². The number of aryl methyl sites for hydroxylation is 1. The summed E-state index contributed by atoms with van der Waals surface area (Å²) in [5.74, 6) is 0.877. The minimum Gasteiger partial charge on any atom is -0.477 e. The van der Waals surface area contributed by atoms with Gasteiger partial charge >= 0.3 is 0 Å². The van der Waals surface area contributed by atoms with E-state index in [9.17, 15) is 4.79 Å². The molecule has 0 spiro atoms. The second-order valence-corrected chi connectivity index (χ2v) is 7.57. The largest absolute Gasteiger partial charge is 0.477 e. The maximum atomic E-state index is 13.7. The molecule has 0 radical (unpaired) electrons. The molecular formula is C22H27N3O2. The molecule has 2 aromatic rings. The van der Waals surface area contributed by atoms with Gasteiger partial charge in [0.1, 0.15) is 5.75 Å². The molecule has 0 aliphatic carbocycles. The molecule has 2 aliphatic rings. The smallest absolute Gasteiger partial charge is 0.267 e. The summed E-state index contributed by atoms with van der Waals surface area (Å²) < 4.78 is 6.40. The van der Waals surface area contributed by atoms with Gasteiger partial charge in [-0.2, -0.15) is 0 Å². The molecule has 1 amide bonds. The predicted molar refractivity (Wildman–Crippen MR) is 105 cm³/mol. The number of piperidine rings is 1. The van der Waals surface area contributed by atoms with Crippen LogP contribution < -0.4 is 10.1 Å². The van der Waals surface area contributed by atoms with Crippen molar-refractivity contribution in [1.29, 1.82) is 0 Å². The number of pyridine rings is 1. The van der Waals surface area contributed by atoms with Crippen molar-refractivity contribution in [2.75, 3.05) is 19.6 Å². The first-order chi connectivity index (χ1) is 13.2. The first-order valence-electron chi connectivity index (χ1n) is 9.86. The van der Waals surface area contributed by atoms with Crippen molar-refractivity contribution in [2.45, 2.75) is 44.2 Å². The quantitative estimate of drug-likeness (QED) is 0.904. The third-order valence-electron chi connectivity index (χ3n) is 5.68. The van der Waals surface area contributed by atoms with Gasteiger partial charge < -0.3 is 15.0 Å². The summed E-state index contributed by atoms with van der Waals surface area (Å²) in [6.45, 7) is 4.41. The fourth-order valence-electron chi connectivity index (χ4n) is 4.17. The zero-order valence-corrected chi connectivity index (χ0v) is 15.9. The summed E-state index contributed by atoms with van der Waals surface area (Å²) in [7, 11) is 0. The summed E-state index contributed by atoms with van der Waals surface area (Å²) in [6, 6.07) is 14.0. The SMILES string of the molecule is Cc1ccc(OC2(C(=O)N3CCCC3c3ccccn3)CCNCC2)cc1. The number of aromatic nitrogens is 1. The number of hydrogen-bond donors (Lipinski definition) is 1. The van der Waals surface area contributed by atoms with Gasteiger partial charge in [0, 0.05) is 25.6 Å². The van der Waals surface area contributed by atoms with Crippen molar-refractivity contribution >= 4 is 5.91 Å². The molecule has 142 valence electrons. The highest BCUT2D eigenvalue weighted by molar-refractivity contribution is 5.86. The van der Waals surface area contributed by atoms with Crippen LogP contribution in [0.4, 0.5) is 0 Å². The molecule has 5 nitrogen and oxygen atoms in total. The van der Waals surface area contributed by atoms with E-state index in [0.717, 1.165) is 43.9 Å². The average molecular weight is 365 g/mol. The number of nitrogens with one attached hydrogen (secondary N) is 1. The number of carbonyl (C=O) groups is 1. The Hall–Kier alpha value is -2.40. The van der Waals surface area contributed by atoms with E-state index in [1.165, 1.54) is 5.56 Å². The van der Waals surface area contributed by atoms with Crippen LogP contribution in [0.3, 0.4) is 0 Å². The Morgan fingerprint density at radius 1 is 1.19 bits per heavy atom. The molecule has 2 aliphatic heterocycles. The number of benzene rings is 1. The Morgan fingerprint density at radius 3 is 2.67 bits per heavy atom. The third kappa shape index (κ3) is 3.69. The number of likely N-dealkylation sites (tertiary alicyclic amines) is 1. The van der Waals surface area contributed by atoms with Gasteiger partial charge in [0.25, 0.3) is 5.91 Å². The molecule has 5 heteroatoms. The molecule has 3 heterocycles. The maximum absolute atomic E-state index is 13.7. The number of nitrogens with zero attached hydrogens (tertiary/aromatic N) is 2. The monoisotopic (exact) mass is 365 g/mol. The minimum atomic E-state index is -0.794. The van der Waals surface area contributed by atoms with Crippen molar-refractivity contribution in [3.8, 4) is 5.75 Å². The molecular weight excluding hydrogens is 338 g/mol. The molecule has 4 rings (SSSR count). The van der Waals surface area contributed by atoms with Crippen molar-refractivity contribution in [3.63, 3.8) is 0 Å². The summed E-state index contributed by atoms with van der Waals surface area (Å²) in [5, 5.41) is 3.36. The van der Waals surface area contributed by atoms with E-state index >= 15 is 0 Å². The van der Waals surface area contributed by atoms with E-state index in [1.54, 1.807) is 6.20 Å². The Balaban J connectivity index is 1.61. The number of ether oxygens (including phenoxy) is 1. The van der Waals surface area contributed by atoms with Gasteiger partial charge in [0.15, 0.2) is 5.60 Å². The first kappa shape index (κ1) is 18.0. The number of hydrogen-bond acceptors (Lipinski definition) is 4. The van der Waals surface area contributed by atoms with Crippen molar-refractivity contribution in [1.82, 2.24) is 15.2 Å². The van der Waals surface area contributed by atoms with Crippen LogP contribution in [-0.2, 0) is 4.79 Å². The van der Waals surface area contributed by atoms with Crippen LogP contribution in [0.1, 0.15) is 43.0 Å². The lowest BCUT2D eigenvalue weighted by Gasteiger charge is -2.40. The second kappa shape index (κ2) is 7.69. The lowest BCUT2D eigenvalue weighted by molar-refractivity contribution is -0.151. The van der Waals surface area contributed by atoms with Crippen LogP contribution in [-0.4, -0.2) is 41.0 Å². The number of carbonyl (C=O) groups excluding carboxylic acids is 1. The van der Waals surface area contributed by atoms with Gasteiger partial charge in [-0.3, -0.25) is 9.78 Å². The van der Waals surface area contributed by atoms with E-state index in [-0.39, 0.29) is 11.9 Å². The van der Waals surface area contributed by atoms with Crippen molar-refractivity contribution < 1.29 is 9.53 Å². The van der Waals surface area contributed by atoms with E-state index < -0.39 is 5.60 Å². The molecule has 0 saturated carbocycles. The van der Waals surface area contributed by atoms with E-state index in [2.05, 4.69) is 17.2 Å². The molecule has 1 atom stereocenters. The van der Waals surface area contributed by atoms with Crippen LogP contribution in [0.5, 0.6) is 5.75 Å². The highest BCUT2D eigenvalue weighted by Crippen LogP contribution is 2.36. The fourth-order valence-corrected chi connectivity index (χ4v) is 4.17. The Kier molecular flexibility index (Phi) is 5.12. The molecule has 1 aromatic heterocycles. The highest BCUT2D eigenvalue weighted by Gasteiger charge is 2.47. The third-order valence-corrected chi connectivity index (χ3v) is 5.68. The Bertz CT molecular complexity index is 770. The normalized spacial score (nSPS) is 21.8. The molecule has 0 bridgehead atoms. The molecule has 1 aromatic carbocycles. The average Bonchev–Trinajstić information content (AvgIpc) is 3.20. The molecule has 27 heavy (non-hydrogen) atoms. The molecule has 2 saturated heterocycles. The highest BCUT2D eigenvalue weighted by atomic mass is 16.5. The Morgan fingerprint density at radius 2 is 1.96 bits per heavy atom. The van der Waals surface area contributed by atoms with Crippen molar-refractivity contribution in [2.24, 2.45) is 0 Å². The summed E-state index contributed by atoms with van der Waals surface area (Å²) in [6.07, 6.45) is 5.14. The zero-order valence-electron chi connectivity index (χ0n) is 15.9. The summed E-state index contributed by atoms with van der Waals surface area (Å²) in [5.41, 5.74) is 1.36. The van der Waals surface area contributed by atoms with Crippen LogP contribution in [0.25, 0.3) is 0 Å². The predicted octanol–water partition coefficient (Wildman–Crippen LogP) is 3.25. The lowest BCUT2D eigenvalue weighted by Crippen LogP contribution is -2.57. The van der Waals surface area contributed by atoms with Gasteiger partial charge in [0.05, 0.1) is 11.7 Å². The topological polar surface area (TPSA) is 54.5 Å². The standard InChI is InChI=1S/C22H27N3O2/c1-17-7-9-18(10-8-17)27-22(11-14-23-15-12-22)21(26)25-16-4-6-20(25)19-5-2-3-13-24-19/h2-3,5,7-10,13,20,23H,4,6,11-12,14-16H2,1H3. The first-order valence-corrected chi connectivity index (χ1v) is 9.86. The van der Waals surface area contributed by atoms with Gasteiger partial charge in [0.2, 0.25) is 0 Å². The summed E-state index contributed by atoms with van der Waals surface area (Å²) in [4.78, 5) is 20.2. The van der Waals surface area contributed by atoms with Gasteiger partial charge in [-0.15, -0.1) is 0 Å². The maximum Gasteiger partial charge on any atom is 0.267 e. The number of rotatable bonds is 4. The zero-order chi connectivity index (χ0) is 18.7. The van der Waals surface area contributed by atoms with Crippen LogP contribution in [0.15, 0.2) is 48.7 Å². The molecule has 1 N–H and O–H groups in total. The van der Waals surface area contributed by atoms with Crippen LogP contribution in [0, 0.1) is 6.92 Å². The molecule has 2 fully saturated rings. The van der Waals surface area contributed by atoms with Gasteiger partial charge in [-0.1, -0.05) is 23.8 Å².